The Balaban J connectivity index is 1.75. The van der Waals surface area contributed by atoms with Crippen molar-refractivity contribution in [2.45, 2.75) is 32.4 Å². The van der Waals surface area contributed by atoms with E-state index in [1.54, 1.807) is 19.1 Å². The lowest BCUT2D eigenvalue weighted by atomic mass is 9.76. The molecule has 0 aromatic heterocycles. The molecule has 0 bridgehead atoms. The number of carbonyl (C=O) groups excluding carboxylic acids is 1. The van der Waals surface area contributed by atoms with Crippen molar-refractivity contribution in [3.05, 3.63) is 53.1 Å². The third-order valence-corrected chi connectivity index (χ3v) is 4.71. The molecule has 2 aromatic carbocycles. The van der Waals surface area contributed by atoms with Gasteiger partial charge in [-0.1, -0.05) is 18.2 Å². The van der Waals surface area contributed by atoms with Crippen molar-refractivity contribution in [2.75, 3.05) is 6.61 Å². The average Bonchev–Trinajstić information content (AvgIpc) is 3.08. The summed E-state index contributed by atoms with van der Waals surface area (Å²) < 4.78 is 52.6. The van der Waals surface area contributed by atoms with Crippen molar-refractivity contribution in [1.82, 2.24) is 5.32 Å². The van der Waals surface area contributed by atoms with E-state index < -0.39 is 30.7 Å². The minimum absolute atomic E-state index is 0.267. The molecule has 1 heterocycles. The Morgan fingerprint density at radius 2 is 2.00 bits per heavy atom. The Morgan fingerprint density at radius 3 is 2.68 bits per heavy atom. The molecule has 162 valence electrons. The highest BCUT2D eigenvalue weighted by Crippen LogP contribution is 2.27. The summed E-state index contributed by atoms with van der Waals surface area (Å²) >= 11 is 0. The van der Waals surface area contributed by atoms with Crippen molar-refractivity contribution in [3.8, 4) is 17.6 Å². The molecule has 7 nitrogen and oxygen atoms in total. The second-order valence-corrected chi connectivity index (χ2v) is 7.16. The van der Waals surface area contributed by atoms with E-state index in [-0.39, 0.29) is 18.8 Å². The molecule has 3 rings (SSSR count). The Hall–Kier alpha value is -3.23. The minimum Gasteiger partial charge on any atom is -0.490 e. The Labute approximate surface area is 176 Å². The molecule has 1 aliphatic rings. The van der Waals surface area contributed by atoms with Crippen LogP contribution >= 0.6 is 0 Å². The lowest BCUT2D eigenvalue weighted by Gasteiger charge is -2.25. The summed E-state index contributed by atoms with van der Waals surface area (Å²) in [5.74, 6) is -1.24. The number of para-hydroxylation sites is 1. The first kappa shape index (κ1) is 22.5. The zero-order valence-corrected chi connectivity index (χ0v) is 16.6. The number of carbonyl (C=O) groups is 1. The van der Waals surface area contributed by atoms with Crippen LogP contribution in [0.5, 0.6) is 11.5 Å². The first-order valence-corrected chi connectivity index (χ1v) is 9.16. The summed E-state index contributed by atoms with van der Waals surface area (Å²) in [4.78, 5) is 12.6. The van der Waals surface area contributed by atoms with E-state index in [4.69, 9.17) is 9.39 Å². The quantitative estimate of drug-likeness (QED) is 0.677. The maximum Gasteiger partial charge on any atom is 0.573 e. The summed E-state index contributed by atoms with van der Waals surface area (Å²) in [6.07, 6.45) is -4.97. The van der Waals surface area contributed by atoms with Gasteiger partial charge in [0.2, 0.25) is 0 Å². The molecule has 2 aromatic rings. The van der Waals surface area contributed by atoms with E-state index in [2.05, 4.69) is 10.1 Å². The molecule has 1 unspecified atom stereocenters. The van der Waals surface area contributed by atoms with Gasteiger partial charge in [0.05, 0.1) is 18.2 Å². The van der Waals surface area contributed by atoms with Crippen LogP contribution in [0.3, 0.4) is 0 Å². The van der Waals surface area contributed by atoms with Gasteiger partial charge in [-0.3, -0.25) is 4.79 Å². The highest BCUT2D eigenvalue weighted by Gasteiger charge is 2.35. The standard InChI is InChI=1S/C20H18BF3N2O5/c1-12-15(8-7-13-9-30-21(28)17(12)13)29-11-19(2,10-25)26-18(27)14-5-3-4-6-16(14)31-20(22,23)24/h3-8,28H,9,11H2,1-2H3,(H,26,27). The summed E-state index contributed by atoms with van der Waals surface area (Å²) in [6.45, 7) is 3.06. The second-order valence-electron chi connectivity index (χ2n) is 7.16. The molecule has 1 aliphatic heterocycles. The van der Waals surface area contributed by atoms with Crippen LogP contribution in [-0.2, 0) is 11.3 Å². The van der Waals surface area contributed by atoms with Gasteiger partial charge >= 0.3 is 13.5 Å². The summed E-state index contributed by atoms with van der Waals surface area (Å²) in [7, 11) is -1.08. The van der Waals surface area contributed by atoms with E-state index in [1.165, 1.54) is 19.1 Å². The normalized spacial score (nSPS) is 14.9. The van der Waals surface area contributed by atoms with Crippen molar-refractivity contribution in [1.29, 1.82) is 5.26 Å². The first-order valence-electron chi connectivity index (χ1n) is 9.16. The minimum atomic E-state index is -4.97. The van der Waals surface area contributed by atoms with Gasteiger partial charge in [0, 0.05) is 0 Å². The van der Waals surface area contributed by atoms with Gasteiger partial charge in [-0.2, -0.15) is 5.26 Å². The number of nitrogens with zero attached hydrogens (tertiary/aromatic N) is 1. The molecule has 0 saturated carbocycles. The highest BCUT2D eigenvalue weighted by atomic mass is 19.4. The Bertz CT molecular complexity index is 1040. The van der Waals surface area contributed by atoms with Gasteiger partial charge in [-0.25, -0.2) is 0 Å². The lowest BCUT2D eigenvalue weighted by Crippen LogP contribution is -2.49. The fourth-order valence-electron chi connectivity index (χ4n) is 3.15. The van der Waals surface area contributed by atoms with Crippen LogP contribution in [0.25, 0.3) is 0 Å². The topological polar surface area (TPSA) is 101 Å². The smallest absolute Gasteiger partial charge is 0.490 e. The molecule has 31 heavy (non-hydrogen) atoms. The van der Waals surface area contributed by atoms with Crippen LogP contribution in [-0.4, -0.2) is 36.6 Å². The molecule has 0 aliphatic carbocycles. The number of rotatable bonds is 6. The fourth-order valence-corrected chi connectivity index (χ4v) is 3.15. The third kappa shape index (κ3) is 5.10. The van der Waals surface area contributed by atoms with Crippen LogP contribution < -0.4 is 20.3 Å². The number of ether oxygens (including phenoxy) is 2. The number of alkyl halides is 3. The maximum atomic E-state index is 12.6. The average molecular weight is 434 g/mol. The molecule has 2 N–H and O–H groups in total. The van der Waals surface area contributed by atoms with E-state index in [0.717, 1.165) is 17.7 Å². The van der Waals surface area contributed by atoms with Gasteiger partial charge in [-0.05, 0) is 48.6 Å². The lowest BCUT2D eigenvalue weighted by molar-refractivity contribution is -0.274. The van der Waals surface area contributed by atoms with Gasteiger partial charge in [0.15, 0.2) is 5.54 Å². The highest BCUT2D eigenvalue weighted by molar-refractivity contribution is 6.62. The zero-order chi connectivity index (χ0) is 22.8. The number of nitriles is 1. The van der Waals surface area contributed by atoms with Gasteiger partial charge in [0.1, 0.15) is 18.1 Å². The molecule has 1 amide bonds. The molecule has 0 saturated heterocycles. The predicted octanol–water partition coefficient (Wildman–Crippen LogP) is 2.20. The van der Waals surface area contributed by atoms with Crippen molar-refractivity contribution in [2.24, 2.45) is 0 Å². The number of halogens is 3. The van der Waals surface area contributed by atoms with E-state index in [1.807, 2.05) is 6.07 Å². The van der Waals surface area contributed by atoms with Crippen LogP contribution in [0.15, 0.2) is 36.4 Å². The Kier molecular flexibility index (Phi) is 6.15. The molecule has 1 atom stereocenters. The van der Waals surface area contributed by atoms with E-state index in [0.29, 0.717) is 16.8 Å². The van der Waals surface area contributed by atoms with Crippen LogP contribution in [0.2, 0.25) is 0 Å². The number of hydrogen-bond donors (Lipinski definition) is 2. The second kappa shape index (κ2) is 8.49. The fraction of sp³-hybridized carbons (Fsp3) is 0.300. The summed E-state index contributed by atoms with van der Waals surface area (Å²) in [5.41, 5.74) is 0.0740. The molecule has 11 heteroatoms. The van der Waals surface area contributed by atoms with Crippen LogP contribution in [0.1, 0.15) is 28.4 Å². The van der Waals surface area contributed by atoms with Crippen LogP contribution in [0.4, 0.5) is 13.2 Å². The van der Waals surface area contributed by atoms with E-state index >= 15 is 0 Å². The maximum absolute atomic E-state index is 12.6. The monoisotopic (exact) mass is 434 g/mol. The predicted molar refractivity (Wildman–Crippen MR) is 104 cm³/mol. The summed E-state index contributed by atoms with van der Waals surface area (Å²) in [5, 5.41) is 21.9. The van der Waals surface area contributed by atoms with Crippen molar-refractivity contribution in [3.63, 3.8) is 0 Å². The molecule has 0 radical (unpaired) electrons. The van der Waals surface area contributed by atoms with Gasteiger partial charge in [0.25, 0.3) is 5.91 Å². The third-order valence-electron chi connectivity index (χ3n) is 4.71. The summed E-state index contributed by atoms with van der Waals surface area (Å²) in [6, 6.07) is 10.1. The molecular weight excluding hydrogens is 416 g/mol. The van der Waals surface area contributed by atoms with Crippen molar-refractivity contribution < 1.29 is 37.1 Å². The number of fused-ring (bicyclic) bond motifs is 1. The largest absolute Gasteiger partial charge is 0.573 e. The van der Waals surface area contributed by atoms with Gasteiger partial charge < -0.3 is 24.5 Å². The number of amides is 1. The van der Waals surface area contributed by atoms with Crippen molar-refractivity contribution >= 4 is 18.5 Å². The molecular formula is C20H18BF3N2O5. The first-order chi connectivity index (χ1) is 14.5. The number of benzene rings is 2. The number of hydrogen-bond acceptors (Lipinski definition) is 6. The van der Waals surface area contributed by atoms with E-state index in [9.17, 15) is 28.3 Å². The zero-order valence-electron chi connectivity index (χ0n) is 16.6. The molecule has 0 spiro atoms. The van der Waals surface area contributed by atoms with Gasteiger partial charge in [-0.15, -0.1) is 13.2 Å². The van der Waals surface area contributed by atoms with Crippen LogP contribution in [0, 0.1) is 18.3 Å². The number of nitrogens with one attached hydrogen (secondary N) is 1. The SMILES string of the molecule is Cc1c(OCC(C)(C#N)NC(=O)c2ccccc2OC(F)(F)F)ccc2c1B(O)OC2. The Morgan fingerprint density at radius 1 is 1.29 bits per heavy atom. The molecule has 0 fully saturated rings.